The molecule has 0 amide bonds. The second kappa shape index (κ2) is 5.72. The van der Waals surface area contributed by atoms with Gasteiger partial charge < -0.3 is 9.47 Å². The second-order valence-corrected chi connectivity index (χ2v) is 4.31. The third kappa shape index (κ3) is 2.96. The van der Waals surface area contributed by atoms with Gasteiger partial charge in [-0.15, -0.1) is 0 Å². The lowest BCUT2D eigenvalue weighted by molar-refractivity contribution is -0.253. The van der Waals surface area contributed by atoms with Crippen LogP contribution in [0.25, 0.3) is 0 Å². The number of ether oxygens (including phenoxy) is 2. The molecule has 2 nitrogen and oxygen atoms in total. The fourth-order valence-electron chi connectivity index (χ4n) is 1.83. The molecule has 1 unspecified atom stereocenters. The van der Waals surface area contributed by atoms with Gasteiger partial charge in [0.2, 0.25) is 0 Å². The molecule has 1 aliphatic rings. The van der Waals surface area contributed by atoms with Crippen molar-refractivity contribution in [1.29, 1.82) is 0 Å². The van der Waals surface area contributed by atoms with Gasteiger partial charge in [-0.2, -0.15) is 0 Å². The molecule has 1 atom stereocenters. The molecule has 0 bridgehead atoms. The van der Waals surface area contributed by atoms with Gasteiger partial charge in [0.15, 0.2) is 5.79 Å². The van der Waals surface area contributed by atoms with Crippen molar-refractivity contribution in [2.45, 2.75) is 52.2 Å². The summed E-state index contributed by atoms with van der Waals surface area (Å²) in [5, 5.41) is 0. The van der Waals surface area contributed by atoms with E-state index in [0.717, 1.165) is 26.1 Å². The zero-order valence-electron chi connectivity index (χ0n) is 9.71. The highest BCUT2D eigenvalue weighted by Gasteiger charge is 2.36. The van der Waals surface area contributed by atoms with Crippen LogP contribution < -0.4 is 0 Å². The second-order valence-electron chi connectivity index (χ2n) is 4.31. The third-order valence-corrected chi connectivity index (χ3v) is 2.87. The molecule has 0 spiro atoms. The minimum absolute atomic E-state index is 0.316. The van der Waals surface area contributed by atoms with Crippen LogP contribution in [0.4, 0.5) is 0 Å². The SMILES string of the molecule is CCCCC1(C(C)C)OC[CH]CCO1. The number of hydrogen-bond donors (Lipinski definition) is 0. The molecule has 0 aromatic heterocycles. The van der Waals surface area contributed by atoms with Crippen LogP contribution in [0, 0.1) is 12.3 Å². The summed E-state index contributed by atoms with van der Waals surface area (Å²) in [5.74, 6) is 0.115. The van der Waals surface area contributed by atoms with Crippen molar-refractivity contribution < 1.29 is 9.47 Å². The molecular formula is C12H23O2. The van der Waals surface area contributed by atoms with Crippen LogP contribution in [-0.4, -0.2) is 19.0 Å². The summed E-state index contributed by atoms with van der Waals surface area (Å²) < 4.78 is 11.8. The van der Waals surface area contributed by atoms with Gasteiger partial charge in [0, 0.05) is 12.3 Å². The number of hydrogen-bond acceptors (Lipinski definition) is 2. The minimum atomic E-state index is -0.316. The molecule has 0 saturated carbocycles. The Bertz CT molecular complexity index is 146. The molecule has 1 radical (unpaired) electrons. The lowest BCUT2D eigenvalue weighted by Gasteiger charge is -2.36. The topological polar surface area (TPSA) is 18.5 Å². The van der Waals surface area contributed by atoms with E-state index in [1.54, 1.807) is 0 Å². The highest BCUT2D eigenvalue weighted by Crippen LogP contribution is 2.31. The Morgan fingerprint density at radius 3 is 2.79 bits per heavy atom. The summed E-state index contributed by atoms with van der Waals surface area (Å²) in [5.41, 5.74) is 0. The van der Waals surface area contributed by atoms with Crippen molar-refractivity contribution in [3.63, 3.8) is 0 Å². The van der Waals surface area contributed by atoms with Crippen LogP contribution in [0.2, 0.25) is 0 Å². The maximum atomic E-state index is 5.90. The largest absolute Gasteiger partial charge is 0.350 e. The standard InChI is InChI=1S/C12H23O2/c1-4-5-8-12(11(2)3)13-9-6-7-10-14-12/h6,11H,4-5,7-10H2,1-3H3. The van der Waals surface area contributed by atoms with E-state index in [1.807, 2.05) is 0 Å². The minimum Gasteiger partial charge on any atom is -0.350 e. The Kier molecular flexibility index (Phi) is 4.90. The monoisotopic (exact) mass is 199 g/mol. The van der Waals surface area contributed by atoms with Gasteiger partial charge in [-0.1, -0.05) is 27.2 Å². The van der Waals surface area contributed by atoms with Crippen LogP contribution >= 0.6 is 0 Å². The molecule has 0 aromatic rings. The average molecular weight is 199 g/mol. The first-order valence-corrected chi connectivity index (χ1v) is 5.81. The van der Waals surface area contributed by atoms with Crippen molar-refractivity contribution in [3.8, 4) is 0 Å². The summed E-state index contributed by atoms with van der Waals surface area (Å²) in [6.07, 6.45) is 6.58. The zero-order chi connectivity index (χ0) is 10.4. The summed E-state index contributed by atoms with van der Waals surface area (Å²) >= 11 is 0. The summed E-state index contributed by atoms with van der Waals surface area (Å²) in [4.78, 5) is 0. The van der Waals surface area contributed by atoms with E-state index >= 15 is 0 Å². The van der Waals surface area contributed by atoms with Gasteiger partial charge in [0.1, 0.15) is 0 Å². The summed E-state index contributed by atoms with van der Waals surface area (Å²) in [6.45, 7) is 8.11. The molecule has 1 saturated heterocycles. The van der Waals surface area contributed by atoms with Crippen LogP contribution in [0.1, 0.15) is 46.5 Å². The Morgan fingerprint density at radius 2 is 2.14 bits per heavy atom. The highest BCUT2D eigenvalue weighted by molar-refractivity contribution is 4.79. The van der Waals surface area contributed by atoms with E-state index in [4.69, 9.17) is 9.47 Å². The predicted molar refractivity (Wildman–Crippen MR) is 57.9 cm³/mol. The summed E-state index contributed by atoms with van der Waals surface area (Å²) in [6, 6.07) is 0. The Balaban J connectivity index is 2.57. The molecular weight excluding hydrogens is 176 g/mol. The van der Waals surface area contributed by atoms with Gasteiger partial charge in [0.05, 0.1) is 13.2 Å². The Morgan fingerprint density at radius 1 is 1.36 bits per heavy atom. The van der Waals surface area contributed by atoms with Crippen molar-refractivity contribution in [1.82, 2.24) is 0 Å². The van der Waals surface area contributed by atoms with Gasteiger partial charge in [-0.05, 0) is 19.3 Å². The molecule has 14 heavy (non-hydrogen) atoms. The fourth-order valence-corrected chi connectivity index (χ4v) is 1.83. The molecule has 1 heterocycles. The average Bonchev–Trinajstić information content (AvgIpc) is 2.41. The van der Waals surface area contributed by atoms with Crippen molar-refractivity contribution in [2.24, 2.45) is 5.92 Å². The molecule has 1 rings (SSSR count). The van der Waals surface area contributed by atoms with Crippen LogP contribution in [0.5, 0.6) is 0 Å². The number of unbranched alkanes of at least 4 members (excludes halogenated alkanes) is 1. The van der Waals surface area contributed by atoms with Gasteiger partial charge in [-0.3, -0.25) is 0 Å². The molecule has 2 heteroatoms. The normalized spacial score (nSPS) is 22.3. The van der Waals surface area contributed by atoms with Crippen molar-refractivity contribution in [3.05, 3.63) is 6.42 Å². The fraction of sp³-hybridized carbons (Fsp3) is 0.917. The molecule has 1 aliphatic heterocycles. The van der Waals surface area contributed by atoms with E-state index in [0.29, 0.717) is 5.92 Å². The van der Waals surface area contributed by atoms with E-state index in [-0.39, 0.29) is 5.79 Å². The highest BCUT2D eigenvalue weighted by atomic mass is 16.7. The van der Waals surface area contributed by atoms with Crippen LogP contribution in [0.3, 0.4) is 0 Å². The zero-order valence-corrected chi connectivity index (χ0v) is 9.71. The first-order valence-electron chi connectivity index (χ1n) is 5.81. The van der Waals surface area contributed by atoms with E-state index in [1.165, 1.54) is 12.8 Å². The van der Waals surface area contributed by atoms with Gasteiger partial charge in [0.25, 0.3) is 0 Å². The van der Waals surface area contributed by atoms with Gasteiger partial charge >= 0.3 is 0 Å². The molecule has 0 aromatic carbocycles. The van der Waals surface area contributed by atoms with E-state index in [2.05, 4.69) is 27.2 Å². The molecule has 1 fully saturated rings. The lowest BCUT2D eigenvalue weighted by atomic mass is 9.96. The smallest absolute Gasteiger partial charge is 0.170 e. The van der Waals surface area contributed by atoms with E-state index < -0.39 is 0 Å². The number of rotatable bonds is 4. The molecule has 83 valence electrons. The van der Waals surface area contributed by atoms with E-state index in [9.17, 15) is 0 Å². The van der Waals surface area contributed by atoms with Crippen LogP contribution in [0.15, 0.2) is 0 Å². The summed E-state index contributed by atoms with van der Waals surface area (Å²) in [7, 11) is 0. The maximum absolute atomic E-state index is 5.90. The predicted octanol–water partition coefficient (Wildman–Crippen LogP) is 3.17. The molecule has 0 aliphatic carbocycles. The lowest BCUT2D eigenvalue weighted by Crippen LogP contribution is -2.40. The Hall–Kier alpha value is -0.0800. The van der Waals surface area contributed by atoms with Crippen molar-refractivity contribution in [2.75, 3.05) is 13.2 Å². The first kappa shape index (κ1) is 12.0. The van der Waals surface area contributed by atoms with Crippen molar-refractivity contribution >= 4 is 0 Å². The third-order valence-electron chi connectivity index (χ3n) is 2.87. The maximum Gasteiger partial charge on any atom is 0.170 e. The Labute approximate surface area is 88.0 Å². The van der Waals surface area contributed by atoms with Crippen LogP contribution in [-0.2, 0) is 9.47 Å². The quantitative estimate of drug-likeness (QED) is 0.692. The van der Waals surface area contributed by atoms with Gasteiger partial charge in [-0.25, -0.2) is 0 Å². The molecule has 0 N–H and O–H groups in total. The first-order chi connectivity index (χ1) is 6.71.